The van der Waals surface area contributed by atoms with Crippen molar-refractivity contribution in [2.24, 2.45) is 0 Å². The topological polar surface area (TPSA) is 106 Å². The zero-order valence-corrected chi connectivity index (χ0v) is 11.9. The van der Waals surface area contributed by atoms with E-state index in [9.17, 15) is 4.79 Å². The first-order chi connectivity index (χ1) is 10.2. The fraction of sp³-hybridized carbons (Fsp3) is 0.357. The van der Waals surface area contributed by atoms with E-state index in [-0.39, 0.29) is 5.91 Å². The van der Waals surface area contributed by atoms with Crippen molar-refractivity contribution < 1.29 is 9.53 Å². The lowest BCUT2D eigenvalue weighted by Gasteiger charge is -2.09. The van der Waals surface area contributed by atoms with Crippen LogP contribution in [0.5, 0.6) is 5.75 Å². The summed E-state index contributed by atoms with van der Waals surface area (Å²) in [6.45, 7) is 2.98. The molecule has 1 heterocycles. The van der Waals surface area contributed by atoms with Gasteiger partial charge in [-0.25, -0.2) is 4.98 Å². The SMILES string of the molecule is CCOc1ccc(C(=O)NCCCc2ncn[nH]2)cc1N. The van der Waals surface area contributed by atoms with Gasteiger partial charge in [0.25, 0.3) is 5.91 Å². The summed E-state index contributed by atoms with van der Waals surface area (Å²) in [5, 5.41) is 9.39. The summed E-state index contributed by atoms with van der Waals surface area (Å²) in [4.78, 5) is 16.0. The molecule has 0 spiro atoms. The number of aryl methyl sites for hydroxylation is 1. The number of nitrogens with zero attached hydrogens (tertiary/aromatic N) is 2. The van der Waals surface area contributed by atoms with Crippen molar-refractivity contribution in [1.29, 1.82) is 0 Å². The number of carbonyl (C=O) groups is 1. The van der Waals surface area contributed by atoms with Crippen LogP contribution < -0.4 is 15.8 Å². The number of aromatic amines is 1. The first kappa shape index (κ1) is 14.8. The molecule has 4 N–H and O–H groups in total. The van der Waals surface area contributed by atoms with Crippen molar-refractivity contribution in [2.75, 3.05) is 18.9 Å². The first-order valence-electron chi connectivity index (χ1n) is 6.85. The molecule has 2 rings (SSSR count). The predicted octanol–water partition coefficient (Wildman–Crippen LogP) is 1.15. The number of ether oxygens (including phenoxy) is 1. The number of hydrogen-bond acceptors (Lipinski definition) is 5. The Kier molecular flexibility index (Phi) is 5.14. The lowest BCUT2D eigenvalue weighted by atomic mass is 10.1. The molecule has 0 aliphatic rings. The third-order valence-corrected chi connectivity index (χ3v) is 2.91. The van der Waals surface area contributed by atoms with E-state index in [1.165, 1.54) is 6.33 Å². The normalized spacial score (nSPS) is 10.3. The van der Waals surface area contributed by atoms with Crippen LogP contribution in [0.4, 0.5) is 5.69 Å². The molecule has 7 nitrogen and oxygen atoms in total. The molecule has 0 aliphatic carbocycles. The number of anilines is 1. The second-order valence-corrected chi connectivity index (χ2v) is 4.48. The van der Waals surface area contributed by atoms with Crippen LogP contribution in [0.25, 0.3) is 0 Å². The third-order valence-electron chi connectivity index (χ3n) is 2.91. The van der Waals surface area contributed by atoms with Crippen LogP contribution in [0.15, 0.2) is 24.5 Å². The van der Waals surface area contributed by atoms with Crippen LogP contribution in [0.3, 0.4) is 0 Å². The van der Waals surface area contributed by atoms with Crippen LogP contribution in [-0.4, -0.2) is 34.2 Å². The van der Waals surface area contributed by atoms with Gasteiger partial charge in [0.15, 0.2) is 0 Å². The number of nitrogen functional groups attached to an aromatic ring is 1. The molecule has 0 unspecified atom stereocenters. The van der Waals surface area contributed by atoms with Crippen molar-refractivity contribution in [3.63, 3.8) is 0 Å². The van der Waals surface area contributed by atoms with Gasteiger partial charge in [-0.3, -0.25) is 9.89 Å². The fourth-order valence-corrected chi connectivity index (χ4v) is 1.89. The Morgan fingerprint density at radius 1 is 1.48 bits per heavy atom. The summed E-state index contributed by atoms with van der Waals surface area (Å²) in [6.07, 6.45) is 3.00. The van der Waals surface area contributed by atoms with E-state index in [0.29, 0.717) is 30.2 Å². The number of carbonyl (C=O) groups excluding carboxylic acids is 1. The van der Waals surface area contributed by atoms with Gasteiger partial charge in [-0.15, -0.1) is 0 Å². The highest BCUT2D eigenvalue weighted by Crippen LogP contribution is 2.22. The lowest BCUT2D eigenvalue weighted by molar-refractivity contribution is 0.0953. The summed E-state index contributed by atoms with van der Waals surface area (Å²) in [7, 11) is 0. The number of amides is 1. The summed E-state index contributed by atoms with van der Waals surface area (Å²) in [5.74, 6) is 1.26. The van der Waals surface area contributed by atoms with Gasteiger partial charge in [-0.1, -0.05) is 0 Å². The van der Waals surface area contributed by atoms with E-state index < -0.39 is 0 Å². The van der Waals surface area contributed by atoms with Gasteiger partial charge >= 0.3 is 0 Å². The highest BCUT2D eigenvalue weighted by atomic mass is 16.5. The predicted molar refractivity (Wildman–Crippen MR) is 79.1 cm³/mol. The molecule has 0 radical (unpaired) electrons. The van der Waals surface area contributed by atoms with E-state index in [1.807, 2.05) is 6.92 Å². The Labute approximate surface area is 122 Å². The molecule has 0 saturated heterocycles. The summed E-state index contributed by atoms with van der Waals surface area (Å²) in [6, 6.07) is 5.03. The van der Waals surface area contributed by atoms with Crippen molar-refractivity contribution in [1.82, 2.24) is 20.5 Å². The van der Waals surface area contributed by atoms with Crippen LogP contribution in [0, 0.1) is 0 Å². The average Bonchev–Trinajstić information content (AvgIpc) is 2.99. The van der Waals surface area contributed by atoms with Crippen LogP contribution >= 0.6 is 0 Å². The minimum absolute atomic E-state index is 0.151. The van der Waals surface area contributed by atoms with E-state index in [1.54, 1.807) is 18.2 Å². The molecule has 1 amide bonds. The van der Waals surface area contributed by atoms with Crippen LogP contribution in [0.2, 0.25) is 0 Å². The van der Waals surface area contributed by atoms with E-state index >= 15 is 0 Å². The minimum Gasteiger partial charge on any atom is -0.492 e. The van der Waals surface area contributed by atoms with Crippen molar-refractivity contribution in [2.45, 2.75) is 19.8 Å². The van der Waals surface area contributed by atoms with Crippen molar-refractivity contribution in [3.8, 4) is 5.75 Å². The van der Waals surface area contributed by atoms with Gasteiger partial charge in [-0.2, -0.15) is 5.10 Å². The largest absolute Gasteiger partial charge is 0.492 e. The molecule has 0 aliphatic heterocycles. The quantitative estimate of drug-likeness (QED) is 0.523. The average molecular weight is 289 g/mol. The maximum Gasteiger partial charge on any atom is 0.251 e. The molecule has 0 bridgehead atoms. The zero-order chi connectivity index (χ0) is 15.1. The van der Waals surface area contributed by atoms with Gasteiger partial charge in [0.2, 0.25) is 0 Å². The minimum atomic E-state index is -0.151. The van der Waals surface area contributed by atoms with Crippen LogP contribution in [-0.2, 0) is 6.42 Å². The Hall–Kier alpha value is -2.57. The Bertz CT molecular complexity index is 583. The zero-order valence-electron chi connectivity index (χ0n) is 11.9. The molecule has 7 heteroatoms. The molecular formula is C14H19N5O2. The number of nitrogens with two attached hydrogens (primary N) is 1. The van der Waals surface area contributed by atoms with E-state index in [2.05, 4.69) is 20.5 Å². The summed E-state index contributed by atoms with van der Waals surface area (Å²) in [5.41, 5.74) is 6.83. The maximum absolute atomic E-state index is 12.0. The Morgan fingerprint density at radius 3 is 3.00 bits per heavy atom. The van der Waals surface area contributed by atoms with Gasteiger partial charge < -0.3 is 15.8 Å². The summed E-state index contributed by atoms with van der Waals surface area (Å²) < 4.78 is 5.34. The Balaban J connectivity index is 1.81. The molecular weight excluding hydrogens is 270 g/mol. The van der Waals surface area contributed by atoms with Gasteiger partial charge in [0, 0.05) is 18.5 Å². The van der Waals surface area contributed by atoms with Crippen LogP contribution in [0.1, 0.15) is 29.5 Å². The highest BCUT2D eigenvalue weighted by molar-refractivity contribution is 5.95. The smallest absolute Gasteiger partial charge is 0.251 e. The van der Waals surface area contributed by atoms with E-state index in [4.69, 9.17) is 10.5 Å². The fourth-order valence-electron chi connectivity index (χ4n) is 1.89. The third kappa shape index (κ3) is 4.20. The number of rotatable bonds is 7. The van der Waals surface area contributed by atoms with Gasteiger partial charge in [0.1, 0.15) is 17.9 Å². The monoisotopic (exact) mass is 289 g/mol. The van der Waals surface area contributed by atoms with Crippen molar-refractivity contribution >= 4 is 11.6 Å². The first-order valence-corrected chi connectivity index (χ1v) is 6.85. The number of hydrogen-bond donors (Lipinski definition) is 3. The maximum atomic E-state index is 12.0. The van der Waals surface area contributed by atoms with E-state index in [0.717, 1.165) is 18.7 Å². The number of aromatic nitrogens is 3. The number of nitrogens with one attached hydrogen (secondary N) is 2. The molecule has 0 saturated carbocycles. The van der Waals surface area contributed by atoms with Gasteiger partial charge in [-0.05, 0) is 31.5 Å². The second-order valence-electron chi connectivity index (χ2n) is 4.48. The van der Waals surface area contributed by atoms with Crippen molar-refractivity contribution in [3.05, 3.63) is 35.9 Å². The highest BCUT2D eigenvalue weighted by Gasteiger charge is 2.08. The molecule has 2 aromatic rings. The molecule has 0 fully saturated rings. The molecule has 21 heavy (non-hydrogen) atoms. The molecule has 0 atom stereocenters. The molecule has 1 aromatic heterocycles. The molecule has 1 aromatic carbocycles. The second kappa shape index (κ2) is 7.28. The van der Waals surface area contributed by atoms with Gasteiger partial charge in [0.05, 0.1) is 12.3 Å². The Morgan fingerprint density at radius 2 is 2.33 bits per heavy atom. The summed E-state index contributed by atoms with van der Waals surface area (Å²) >= 11 is 0. The molecule has 112 valence electrons. The lowest BCUT2D eigenvalue weighted by Crippen LogP contribution is -2.25. The number of H-pyrrole nitrogens is 1. The standard InChI is InChI=1S/C14H19N5O2/c1-2-21-12-6-5-10(8-11(12)15)14(20)16-7-3-4-13-17-9-18-19-13/h5-6,8-9H,2-4,7,15H2,1H3,(H,16,20)(H,17,18,19). The number of benzene rings is 1.